The third-order valence-corrected chi connectivity index (χ3v) is 5.19. The second-order valence-electron chi connectivity index (χ2n) is 4.84. The van der Waals surface area contributed by atoms with E-state index < -0.39 is 10.0 Å². The number of nitrogens with zero attached hydrogens (tertiary/aromatic N) is 3. The van der Waals surface area contributed by atoms with Crippen molar-refractivity contribution in [2.75, 3.05) is 25.9 Å². The van der Waals surface area contributed by atoms with Crippen molar-refractivity contribution in [2.24, 2.45) is 0 Å². The number of aromatic nitrogens is 2. The molecule has 0 atom stereocenters. The Balaban J connectivity index is 2.27. The summed E-state index contributed by atoms with van der Waals surface area (Å²) >= 11 is 0. The van der Waals surface area contributed by atoms with E-state index in [4.69, 9.17) is 10.8 Å². The van der Waals surface area contributed by atoms with Gasteiger partial charge in [0, 0.05) is 26.4 Å². The summed E-state index contributed by atoms with van der Waals surface area (Å²) in [5.74, 6) is 0.00316. The number of rotatable bonds is 7. The van der Waals surface area contributed by atoms with Crippen LogP contribution in [0.3, 0.4) is 0 Å². The van der Waals surface area contributed by atoms with Gasteiger partial charge in [-0.05, 0) is 31.4 Å². The third kappa shape index (κ3) is 3.17. The molecule has 0 saturated heterocycles. The molecule has 0 unspecified atom stereocenters. The summed E-state index contributed by atoms with van der Waals surface area (Å²) in [7, 11) is -2.17. The molecule has 0 saturated carbocycles. The molecule has 2 aromatic rings. The average molecular weight is 312 g/mol. The standard InChI is InChI=1S/C13H20N4O3S/c1-16(8-4-2-6-10-18)21(19,20)13-12(14)15-11-7-3-5-9-17(11)13/h3,5,7,9,18H,2,4,6,8,10,14H2,1H3. The number of hydrogen-bond acceptors (Lipinski definition) is 5. The van der Waals surface area contributed by atoms with Crippen molar-refractivity contribution in [3.8, 4) is 0 Å². The van der Waals surface area contributed by atoms with Crippen LogP contribution in [-0.4, -0.2) is 47.4 Å². The van der Waals surface area contributed by atoms with E-state index in [1.54, 1.807) is 24.4 Å². The van der Waals surface area contributed by atoms with E-state index in [2.05, 4.69) is 4.98 Å². The first kappa shape index (κ1) is 15.7. The average Bonchev–Trinajstić information content (AvgIpc) is 2.79. The van der Waals surface area contributed by atoms with Crippen molar-refractivity contribution in [2.45, 2.75) is 24.3 Å². The molecule has 2 heterocycles. The van der Waals surface area contributed by atoms with Gasteiger partial charge in [-0.2, -0.15) is 4.31 Å². The maximum atomic E-state index is 12.6. The number of pyridine rings is 1. The van der Waals surface area contributed by atoms with Gasteiger partial charge in [-0.15, -0.1) is 0 Å². The van der Waals surface area contributed by atoms with Gasteiger partial charge in [0.25, 0.3) is 10.0 Å². The molecule has 0 bridgehead atoms. The third-order valence-electron chi connectivity index (χ3n) is 3.30. The molecule has 116 valence electrons. The van der Waals surface area contributed by atoms with E-state index in [1.165, 1.54) is 15.8 Å². The Morgan fingerprint density at radius 1 is 1.33 bits per heavy atom. The Labute approximate surface area is 124 Å². The Morgan fingerprint density at radius 2 is 2.10 bits per heavy atom. The highest BCUT2D eigenvalue weighted by Gasteiger charge is 2.27. The Kier molecular flexibility index (Phi) is 4.81. The van der Waals surface area contributed by atoms with Crippen molar-refractivity contribution < 1.29 is 13.5 Å². The first-order valence-corrected chi connectivity index (χ1v) is 8.22. The van der Waals surface area contributed by atoms with Crippen molar-refractivity contribution in [1.29, 1.82) is 0 Å². The largest absolute Gasteiger partial charge is 0.396 e. The summed E-state index contributed by atoms with van der Waals surface area (Å²) in [6.45, 7) is 0.499. The molecule has 0 radical (unpaired) electrons. The van der Waals surface area contributed by atoms with Gasteiger partial charge in [0.05, 0.1) is 0 Å². The molecule has 2 rings (SSSR count). The first-order valence-electron chi connectivity index (χ1n) is 6.78. The van der Waals surface area contributed by atoms with Crippen LogP contribution in [0.4, 0.5) is 5.82 Å². The van der Waals surface area contributed by atoms with Gasteiger partial charge in [-0.25, -0.2) is 13.4 Å². The van der Waals surface area contributed by atoms with Crippen LogP contribution in [0.15, 0.2) is 29.4 Å². The Bertz CT molecular complexity index is 711. The van der Waals surface area contributed by atoms with Crippen molar-refractivity contribution >= 4 is 21.5 Å². The highest BCUT2D eigenvalue weighted by molar-refractivity contribution is 7.89. The molecule has 0 spiro atoms. The number of fused-ring (bicyclic) bond motifs is 1. The molecular weight excluding hydrogens is 292 g/mol. The lowest BCUT2D eigenvalue weighted by Gasteiger charge is -2.17. The molecule has 0 aliphatic heterocycles. The number of nitrogens with two attached hydrogens (primary N) is 1. The monoisotopic (exact) mass is 312 g/mol. The van der Waals surface area contributed by atoms with Crippen LogP contribution in [-0.2, 0) is 10.0 Å². The Hall–Kier alpha value is -1.64. The van der Waals surface area contributed by atoms with E-state index in [0.29, 0.717) is 25.0 Å². The van der Waals surface area contributed by atoms with Gasteiger partial charge in [-0.3, -0.25) is 4.40 Å². The molecule has 7 nitrogen and oxygen atoms in total. The van der Waals surface area contributed by atoms with E-state index >= 15 is 0 Å². The van der Waals surface area contributed by atoms with Crippen LogP contribution < -0.4 is 5.73 Å². The number of nitrogen functional groups attached to an aromatic ring is 1. The van der Waals surface area contributed by atoms with Crippen molar-refractivity contribution in [1.82, 2.24) is 13.7 Å². The molecule has 0 aliphatic carbocycles. The molecule has 2 aromatic heterocycles. The van der Waals surface area contributed by atoms with E-state index in [9.17, 15) is 8.42 Å². The normalized spacial score (nSPS) is 12.3. The van der Waals surface area contributed by atoms with Gasteiger partial charge >= 0.3 is 0 Å². The van der Waals surface area contributed by atoms with Crippen LogP contribution >= 0.6 is 0 Å². The highest BCUT2D eigenvalue weighted by Crippen LogP contribution is 2.23. The quantitative estimate of drug-likeness (QED) is 0.733. The van der Waals surface area contributed by atoms with Crippen LogP contribution in [0.5, 0.6) is 0 Å². The molecular formula is C13H20N4O3S. The molecule has 3 N–H and O–H groups in total. The predicted molar refractivity (Wildman–Crippen MR) is 80.4 cm³/mol. The summed E-state index contributed by atoms with van der Waals surface area (Å²) in [5.41, 5.74) is 6.28. The molecule has 0 amide bonds. The second kappa shape index (κ2) is 6.42. The maximum absolute atomic E-state index is 12.6. The van der Waals surface area contributed by atoms with Crippen LogP contribution in [0.25, 0.3) is 5.65 Å². The number of anilines is 1. The zero-order valence-corrected chi connectivity index (χ0v) is 12.8. The fourth-order valence-corrected chi connectivity index (χ4v) is 3.52. The van der Waals surface area contributed by atoms with E-state index in [-0.39, 0.29) is 17.5 Å². The van der Waals surface area contributed by atoms with Gasteiger partial charge in [-0.1, -0.05) is 6.07 Å². The number of aliphatic hydroxyl groups is 1. The summed E-state index contributed by atoms with van der Waals surface area (Å²) in [4.78, 5) is 4.07. The first-order chi connectivity index (χ1) is 9.98. The van der Waals surface area contributed by atoms with E-state index in [0.717, 1.165) is 6.42 Å². The number of imidazole rings is 1. The van der Waals surface area contributed by atoms with Gasteiger partial charge in [0.2, 0.25) is 0 Å². The molecule has 0 fully saturated rings. The molecule has 21 heavy (non-hydrogen) atoms. The summed E-state index contributed by atoms with van der Waals surface area (Å²) in [6.07, 6.45) is 3.77. The molecule has 8 heteroatoms. The number of unbranched alkanes of at least 4 members (excludes halogenated alkanes) is 2. The number of hydrogen-bond donors (Lipinski definition) is 2. The minimum absolute atomic E-state index is 0.00255. The summed E-state index contributed by atoms with van der Waals surface area (Å²) in [5, 5.41) is 8.74. The fraction of sp³-hybridized carbons (Fsp3) is 0.462. The summed E-state index contributed by atoms with van der Waals surface area (Å²) in [6, 6.07) is 5.21. The zero-order chi connectivity index (χ0) is 15.5. The smallest absolute Gasteiger partial charge is 0.262 e. The number of aliphatic hydroxyl groups excluding tert-OH is 1. The predicted octanol–water partition coefficient (Wildman–Crippen LogP) is 0.700. The lowest BCUT2D eigenvalue weighted by Crippen LogP contribution is -2.29. The van der Waals surface area contributed by atoms with Crippen LogP contribution in [0, 0.1) is 0 Å². The topological polar surface area (TPSA) is 101 Å². The summed E-state index contributed by atoms with van der Waals surface area (Å²) < 4.78 is 28.0. The van der Waals surface area contributed by atoms with E-state index in [1.807, 2.05) is 0 Å². The second-order valence-corrected chi connectivity index (χ2v) is 6.80. The minimum atomic E-state index is -3.69. The van der Waals surface area contributed by atoms with Crippen LogP contribution in [0.1, 0.15) is 19.3 Å². The SMILES string of the molecule is CN(CCCCCO)S(=O)(=O)c1c(N)nc2ccccn12. The fourth-order valence-electron chi connectivity index (χ4n) is 2.14. The maximum Gasteiger partial charge on any atom is 0.262 e. The van der Waals surface area contributed by atoms with Gasteiger partial charge < -0.3 is 10.8 Å². The molecule has 0 aromatic carbocycles. The van der Waals surface area contributed by atoms with Crippen LogP contribution in [0.2, 0.25) is 0 Å². The van der Waals surface area contributed by atoms with Crippen molar-refractivity contribution in [3.63, 3.8) is 0 Å². The zero-order valence-electron chi connectivity index (χ0n) is 11.9. The van der Waals surface area contributed by atoms with Gasteiger partial charge in [0.1, 0.15) is 5.65 Å². The minimum Gasteiger partial charge on any atom is -0.396 e. The Morgan fingerprint density at radius 3 is 2.81 bits per heavy atom. The highest BCUT2D eigenvalue weighted by atomic mass is 32.2. The van der Waals surface area contributed by atoms with Crippen molar-refractivity contribution in [3.05, 3.63) is 24.4 Å². The lowest BCUT2D eigenvalue weighted by atomic mass is 10.2. The van der Waals surface area contributed by atoms with Gasteiger partial charge in [0.15, 0.2) is 10.8 Å². The lowest BCUT2D eigenvalue weighted by molar-refractivity contribution is 0.281. The number of sulfonamides is 1. The molecule has 0 aliphatic rings.